The number of halogens is 1. The second-order valence-corrected chi connectivity index (χ2v) is 7.72. The first kappa shape index (κ1) is 19.0. The van der Waals surface area contributed by atoms with Crippen LogP contribution in [0.1, 0.15) is 23.2 Å². The predicted octanol–water partition coefficient (Wildman–Crippen LogP) is 3.02. The van der Waals surface area contributed by atoms with Gasteiger partial charge in [-0.1, -0.05) is 17.7 Å². The molecule has 4 rings (SSSR count). The molecule has 1 atom stereocenters. The first-order chi connectivity index (χ1) is 13.7. The Kier molecular flexibility index (Phi) is 5.98. The molecule has 2 aliphatic rings. The molecule has 3 heterocycles. The van der Waals surface area contributed by atoms with Gasteiger partial charge in [-0.3, -0.25) is 14.7 Å². The SMILES string of the molecule is O=C(NCC1CCN(C[C@H]2COc3cccc(Cl)c3O2)CC1)c1cccnc1. The lowest BCUT2D eigenvalue weighted by Crippen LogP contribution is -2.45. The molecular formula is C21H24ClN3O3. The van der Waals surface area contributed by atoms with Gasteiger partial charge in [0, 0.05) is 25.5 Å². The molecule has 1 fully saturated rings. The Hall–Kier alpha value is -2.31. The summed E-state index contributed by atoms with van der Waals surface area (Å²) >= 11 is 6.22. The van der Waals surface area contributed by atoms with Gasteiger partial charge in [-0.2, -0.15) is 0 Å². The monoisotopic (exact) mass is 401 g/mol. The topological polar surface area (TPSA) is 63.7 Å². The van der Waals surface area contributed by atoms with Crippen LogP contribution in [0.25, 0.3) is 0 Å². The number of fused-ring (bicyclic) bond motifs is 1. The van der Waals surface area contributed by atoms with Crippen molar-refractivity contribution in [2.75, 3.05) is 32.8 Å². The van der Waals surface area contributed by atoms with Crippen LogP contribution in [0.2, 0.25) is 5.02 Å². The van der Waals surface area contributed by atoms with Crippen LogP contribution in [-0.4, -0.2) is 54.7 Å². The first-order valence-electron chi connectivity index (χ1n) is 9.67. The van der Waals surface area contributed by atoms with Crippen LogP contribution in [0.3, 0.4) is 0 Å². The van der Waals surface area contributed by atoms with Crippen LogP contribution in [0.15, 0.2) is 42.7 Å². The second kappa shape index (κ2) is 8.80. The molecule has 0 bridgehead atoms. The number of piperidine rings is 1. The number of likely N-dealkylation sites (tertiary alicyclic amines) is 1. The molecule has 148 valence electrons. The number of aromatic nitrogens is 1. The Morgan fingerprint density at radius 3 is 2.89 bits per heavy atom. The first-order valence-corrected chi connectivity index (χ1v) is 10.1. The van der Waals surface area contributed by atoms with Gasteiger partial charge in [0.05, 0.1) is 10.6 Å². The van der Waals surface area contributed by atoms with E-state index in [1.165, 1.54) is 0 Å². The highest BCUT2D eigenvalue weighted by Gasteiger charge is 2.27. The van der Waals surface area contributed by atoms with Gasteiger partial charge >= 0.3 is 0 Å². The minimum Gasteiger partial charge on any atom is -0.486 e. The van der Waals surface area contributed by atoms with E-state index in [1.807, 2.05) is 18.2 Å². The fourth-order valence-electron chi connectivity index (χ4n) is 3.69. The normalized spacial score (nSPS) is 20.0. The number of amides is 1. The van der Waals surface area contributed by atoms with Gasteiger partial charge < -0.3 is 14.8 Å². The van der Waals surface area contributed by atoms with Crippen LogP contribution in [0, 0.1) is 5.92 Å². The minimum atomic E-state index is -0.0566. The van der Waals surface area contributed by atoms with Crippen LogP contribution >= 0.6 is 11.6 Å². The largest absolute Gasteiger partial charge is 0.486 e. The van der Waals surface area contributed by atoms with Crippen LogP contribution in [0.5, 0.6) is 11.5 Å². The smallest absolute Gasteiger partial charge is 0.252 e. The van der Waals surface area contributed by atoms with Crippen molar-refractivity contribution in [2.24, 2.45) is 5.92 Å². The Bertz CT molecular complexity index is 810. The van der Waals surface area contributed by atoms with Crippen molar-refractivity contribution in [1.82, 2.24) is 15.2 Å². The van der Waals surface area contributed by atoms with Crippen LogP contribution in [0.4, 0.5) is 0 Å². The molecule has 7 heteroatoms. The summed E-state index contributed by atoms with van der Waals surface area (Å²) in [6.07, 6.45) is 5.35. The summed E-state index contributed by atoms with van der Waals surface area (Å²) in [7, 11) is 0. The Morgan fingerprint density at radius 2 is 2.11 bits per heavy atom. The number of nitrogens with zero attached hydrogens (tertiary/aromatic N) is 2. The van der Waals surface area contributed by atoms with E-state index in [9.17, 15) is 4.79 Å². The second-order valence-electron chi connectivity index (χ2n) is 7.31. The quantitative estimate of drug-likeness (QED) is 0.834. The van der Waals surface area contributed by atoms with E-state index < -0.39 is 0 Å². The number of pyridine rings is 1. The van der Waals surface area contributed by atoms with Crippen LogP contribution in [-0.2, 0) is 0 Å². The molecule has 1 saturated heterocycles. The zero-order valence-electron chi connectivity index (χ0n) is 15.6. The standard InChI is InChI=1S/C21H24ClN3O3/c22-18-4-1-5-19-20(18)28-17(14-27-19)13-25-9-6-15(7-10-25)11-24-21(26)16-3-2-8-23-12-16/h1-5,8,12,15,17H,6-7,9-11,13-14H2,(H,24,26)/t17-/m0/s1. The number of ether oxygens (including phenoxy) is 2. The van der Waals surface area contributed by atoms with Crippen molar-refractivity contribution in [2.45, 2.75) is 18.9 Å². The van der Waals surface area contributed by atoms with Gasteiger partial charge in [0.25, 0.3) is 5.91 Å². The molecule has 0 unspecified atom stereocenters. The summed E-state index contributed by atoms with van der Waals surface area (Å²) in [6, 6.07) is 9.11. The maximum absolute atomic E-state index is 12.1. The maximum atomic E-state index is 12.1. The molecule has 28 heavy (non-hydrogen) atoms. The highest BCUT2D eigenvalue weighted by Crippen LogP contribution is 2.38. The number of hydrogen-bond donors (Lipinski definition) is 1. The van der Waals surface area contributed by atoms with E-state index in [1.54, 1.807) is 24.5 Å². The van der Waals surface area contributed by atoms with Gasteiger partial charge in [0.1, 0.15) is 12.7 Å². The number of rotatable bonds is 5. The van der Waals surface area contributed by atoms with Gasteiger partial charge in [-0.25, -0.2) is 0 Å². The fourth-order valence-corrected chi connectivity index (χ4v) is 3.90. The van der Waals surface area contributed by atoms with E-state index in [-0.39, 0.29) is 12.0 Å². The average molecular weight is 402 g/mol. The summed E-state index contributed by atoms with van der Waals surface area (Å²) < 4.78 is 11.9. The summed E-state index contributed by atoms with van der Waals surface area (Å²) in [4.78, 5) is 18.5. The van der Waals surface area contributed by atoms with Gasteiger partial charge in [0.15, 0.2) is 11.5 Å². The molecular weight excluding hydrogens is 378 g/mol. The Balaban J connectivity index is 1.21. The third-order valence-electron chi connectivity index (χ3n) is 5.28. The molecule has 1 aromatic carbocycles. The lowest BCUT2D eigenvalue weighted by molar-refractivity contribution is 0.0477. The highest BCUT2D eigenvalue weighted by molar-refractivity contribution is 6.32. The zero-order chi connectivity index (χ0) is 19.3. The number of carbonyl (C=O) groups excluding carboxylic acids is 1. The molecule has 0 spiro atoms. The maximum Gasteiger partial charge on any atom is 0.252 e. The minimum absolute atomic E-state index is 0.0192. The van der Waals surface area contributed by atoms with Crippen LogP contribution < -0.4 is 14.8 Å². The van der Waals surface area contributed by atoms with E-state index in [2.05, 4.69) is 15.2 Å². The molecule has 0 aliphatic carbocycles. The number of benzene rings is 1. The third kappa shape index (κ3) is 4.56. The zero-order valence-corrected chi connectivity index (χ0v) is 16.4. The van der Waals surface area contributed by atoms with Gasteiger partial charge in [0.2, 0.25) is 0 Å². The summed E-state index contributed by atoms with van der Waals surface area (Å²) in [6.45, 7) is 4.03. The predicted molar refractivity (Wildman–Crippen MR) is 107 cm³/mol. The number of hydrogen-bond acceptors (Lipinski definition) is 5. The number of para-hydroxylation sites is 1. The summed E-state index contributed by atoms with van der Waals surface area (Å²) in [5, 5.41) is 3.61. The number of carbonyl (C=O) groups is 1. The molecule has 2 aliphatic heterocycles. The molecule has 1 amide bonds. The molecule has 1 N–H and O–H groups in total. The van der Waals surface area contributed by atoms with Gasteiger partial charge in [-0.05, 0) is 56.1 Å². The molecule has 6 nitrogen and oxygen atoms in total. The summed E-state index contributed by atoms with van der Waals surface area (Å²) in [5.41, 5.74) is 0.605. The third-order valence-corrected chi connectivity index (χ3v) is 5.58. The lowest BCUT2D eigenvalue weighted by Gasteiger charge is -2.35. The fraction of sp³-hybridized carbons (Fsp3) is 0.429. The van der Waals surface area contributed by atoms with Gasteiger partial charge in [-0.15, -0.1) is 0 Å². The van der Waals surface area contributed by atoms with E-state index >= 15 is 0 Å². The Labute approximate surface area is 169 Å². The molecule has 0 saturated carbocycles. The lowest BCUT2D eigenvalue weighted by atomic mass is 9.96. The highest BCUT2D eigenvalue weighted by atomic mass is 35.5. The van der Waals surface area contributed by atoms with Crippen molar-refractivity contribution in [3.8, 4) is 11.5 Å². The average Bonchev–Trinajstić information content (AvgIpc) is 2.74. The molecule has 1 aromatic heterocycles. The van der Waals surface area contributed by atoms with E-state index in [4.69, 9.17) is 21.1 Å². The van der Waals surface area contributed by atoms with Crippen molar-refractivity contribution >= 4 is 17.5 Å². The van der Waals surface area contributed by atoms with E-state index in [0.29, 0.717) is 41.2 Å². The number of nitrogens with one attached hydrogen (secondary N) is 1. The van der Waals surface area contributed by atoms with Crippen molar-refractivity contribution in [3.63, 3.8) is 0 Å². The summed E-state index contributed by atoms with van der Waals surface area (Å²) in [5.74, 6) is 1.80. The van der Waals surface area contributed by atoms with Crippen molar-refractivity contribution < 1.29 is 14.3 Å². The molecule has 0 radical (unpaired) electrons. The van der Waals surface area contributed by atoms with E-state index in [0.717, 1.165) is 32.5 Å². The van der Waals surface area contributed by atoms with Crippen molar-refractivity contribution in [1.29, 1.82) is 0 Å². The van der Waals surface area contributed by atoms with Crippen molar-refractivity contribution in [3.05, 3.63) is 53.3 Å². The molecule has 2 aromatic rings. The Morgan fingerprint density at radius 1 is 1.25 bits per heavy atom.